The van der Waals surface area contributed by atoms with Crippen molar-refractivity contribution in [3.63, 3.8) is 0 Å². The fourth-order valence-corrected chi connectivity index (χ4v) is 3.16. The summed E-state index contributed by atoms with van der Waals surface area (Å²) in [6.45, 7) is 0. The largest absolute Gasteiger partial charge is 0.319 e. The van der Waals surface area contributed by atoms with Gasteiger partial charge in [0.25, 0.3) is 5.69 Å². The molecule has 6 heteroatoms. The zero-order valence-electron chi connectivity index (χ0n) is 10.2. The van der Waals surface area contributed by atoms with Crippen molar-refractivity contribution < 1.29 is 4.92 Å². The van der Waals surface area contributed by atoms with E-state index in [0.29, 0.717) is 0 Å². The number of hydrogen-bond acceptors (Lipinski definition) is 5. The van der Waals surface area contributed by atoms with Crippen molar-refractivity contribution in [2.45, 2.75) is 24.8 Å². The Morgan fingerprint density at radius 3 is 2.53 bits per heavy atom. The van der Waals surface area contributed by atoms with Crippen molar-refractivity contribution in [2.75, 3.05) is 0 Å². The lowest BCUT2D eigenvalue weighted by molar-refractivity contribution is -0.384. The van der Waals surface area contributed by atoms with E-state index in [4.69, 9.17) is 5.73 Å². The van der Waals surface area contributed by atoms with Gasteiger partial charge in [0.15, 0.2) is 0 Å². The van der Waals surface area contributed by atoms with E-state index < -0.39 is 4.92 Å². The first-order chi connectivity index (χ1) is 9.08. The molecule has 2 aromatic rings. The molecule has 1 aliphatic carbocycles. The normalized spacial score (nSPS) is 16.9. The molecule has 0 saturated heterocycles. The second-order valence-electron chi connectivity index (χ2n) is 4.85. The van der Waals surface area contributed by atoms with Crippen LogP contribution < -0.4 is 5.73 Å². The second kappa shape index (κ2) is 4.40. The van der Waals surface area contributed by atoms with Crippen LogP contribution >= 0.6 is 11.3 Å². The number of nitro groups is 1. The van der Waals surface area contributed by atoms with Gasteiger partial charge in [-0.05, 0) is 31.4 Å². The molecule has 1 heterocycles. The van der Waals surface area contributed by atoms with Crippen LogP contribution in [0.15, 0.2) is 29.6 Å². The molecule has 0 bridgehead atoms. The average molecular weight is 275 g/mol. The van der Waals surface area contributed by atoms with Crippen LogP contribution in [-0.4, -0.2) is 9.91 Å². The number of benzene rings is 1. The minimum Gasteiger partial charge on any atom is -0.319 e. The summed E-state index contributed by atoms with van der Waals surface area (Å²) < 4.78 is 0. The quantitative estimate of drug-likeness (QED) is 0.689. The molecule has 1 fully saturated rings. The third-order valence-corrected chi connectivity index (χ3v) is 4.61. The van der Waals surface area contributed by atoms with Crippen LogP contribution in [0.3, 0.4) is 0 Å². The Labute approximate surface area is 114 Å². The minimum atomic E-state index is -0.403. The molecule has 0 spiro atoms. The molecule has 0 atom stereocenters. The minimum absolute atomic E-state index is 0.0912. The molecule has 19 heavy (non-hydrogen) atoms. The van der Waals surface area contributed by atoms with Gasteiger partial charge in [0.2, 0.25) is 0 Å². The summed E-state index contributed by atoms with van der Waals surface area (Å²) in [4.78, 5) is 14.8. The zero-order chi connectivity index (χ0) is 13.5. The van der Waals surface area contributed by atoms with Crippen molar-refractivity contribution in [2.24, 2.45) is 5.73 Å². The summed E-state index contributed by atoms with van der Waals surface area (Å²) in [6, 6.07) is 6.44. The molecule has 3 rings (SSSR count). The number of nitrogens with zero attached hydrogens (tertiary/aromatic N) is 2. The molecular weight excluding hydrogens is 262 g/mol. The summed E-state index contributed by atoms with van der Waals surface area (Å²) in [5.41, 5.74) is 7.81. The summed E-state index contributed by atoms with van der Waals surface area (Å²) in [7, 11) is 0. The van der Waals surface area contributed by atoms with Crippen molar-refractivity contribution in [3.8, 4) is 11.3 Å². The van der Waals surface area contributed by atoms with E-state index in [-0.39, 0.29) is 11.2 Å². The van der Waals surface area contributed by atoms with E-state index in [1.165, 1.54) is 12.1 Å². The van der Waals surface area contributed by atoms with Gasteiger partial charge in [0, 0.05) is 23.1 Å². The van der Waals surface area contributed by atoms with Gasteiger partial charge in [0.05, 0.1) is 16.2 Å². The lowest BCUT2D eigenvalue weighted by Crippen LogP contribution is -2.43. The fraction of sp³-hybridized carbons (Fsp3) is 0.308. The SMILES string of the molecule is NC1(c2nc(-c3ccc([N+](=O)[O-])cc3)cs2)CCC1. The highest BCUT2D eigenvalue weighted by atomic mass is 32.1. The van der Waals surface area contributed by atoms with Crippen LogP contribution in [0.4, 0.5) is 5.69 Å². The number of nitrogens with two attached hydrogens (primary N) is 1. The summed E-state index contributed by atoms with van der Waals surface area (Å²) in [5.74, 6) is 0. The summed E-state index contributed by atoms with van der Waals surface area (Å²) >= 11 is 1.57. The van der Waals surface area contributed by atoms with Gasteiger partial charge >= 0.3 is 0 Å². The van der Waals surface area contributed by atoms with Crippen LogP contribution in [0.5, 0.6) is 0 Å². The summed E-state index contributed by atoms with van der Waals surface area (Å²) in [6.07, 6.45) is 3.13. The van der Waals surface area contributed by atoms with E-state index >= 15 is 0 Å². The van der Waals surface area contributed by atoms with Crippen LogP contribution in [0, 0.1) is 10.1 Å². The maximum atomic E-state index is 10.6. The van der Waals surface area contributed by atoms with Gasteiger partial charge < -0.3 is 5.73 Å². The van der Waals surface area contributed by atoms with Crippen molar-refractivity contribution in [3.05, 3.63) is 44.8 Å². The number of non-ortho nitro benzene ring substituents is 1. The molecule has 1 saturated carbocycles. The van der Waals surface area contributed by atoms with Gasteiger partial charge in [-0.25, -0.2) is 4.98 Å². The predicted octanol–water partition coefficient (Wildman–Crippen LogP) is 3.06. The van der Waals surface area contributed by atoms with Gasteiger partial charge in [-0.2, -0.15) is 0 Å². The molecule has 98 valence electrons. The Hall–Kier alpha value is -1.79. The number of thiazole rings is 1. The topological polar surface area (TPSA) is 82.0 Å². The smallest absolute Gasteiger partial charge is 0.269 e. The van der Waals surface area contributed by atoms with Crippen molar-refractivity contribution in [1.29, 1.82) is 0 Å². The molecule has 0 aliphatic heterocycles. The van der Waals surface area contributed by atoms with Crippen LogP contribution in [0.25, 0.3) is 11.3 Å². The second-order valence-corrected chi connectivity index (χ2v) is 5.71. The zero-order valence-corrected chi connectivity index (χ0v) is 11.0. The third-order valence-electron chi connectivity index (χ3n) is 3.55. The van der Waals surface area contributed by atoms with Gasteiger partial charge in [0.1, 0.15) is 5.01 Å². The molecule has 1 aliphatic rings. The van der Waals surface area contributed by atoms with E-state index in [2.05, 4.69) is 4.98 Å². The van der Waals surface area contributed by atoms with E-state index in [1.807, 2.05) is 5.38 Å². The Morgan fingerprint density at radius 1 is 1.32 bits per heavy atom. The maximum absolute atomic E-state index is 10.6. The first-order valence-corrected chi connectivity index (χ1v) is 6.96. The number of rotatable bonds is 3. The first kappa shape index (κ1) is 12.3. The molecular formula is C13H13N3O2S. The molecule has 0 radical (unpaired) electrons. The standard InChI is InChI=1S/C13H13N3O2S/c14-13(6-1-7-13)12-15-11(8-19-12)9-2-4-10(5-3-9)16(17)18/h2-5,8H,1,6-7,14H2. The van der Waals surface area contributed by atoms with Crippen molar-refractivity contribution >= 4 is 17.0 Å². The van der Waals surface area contributed by atoms with Crippen LogP contribution in [0.1, 0.15) is 24.3 Å². The van der Waals surface area contributed by atoms with Crippen molar-refractivity contribution in [1.82, 2.24) is 4.98 Å². The molecule has 0 amide bonds. The van der Waals surface area contributed by atoms with Gasteiger partial charge in [-0.3, -0.25) is 10.1 Å². The van der Waals surface area contributed by atoms with E-state index in [9.17, 15) is 10.1 Å². The summed E-state index contributed by atoms with van der Waals surface area (Å²) in [5, 5.41) is 13.5. The number of hydrogen-bond donors (Lipinski definition) is 1. The molecule has 5 nitrogen and oxygen atoms in total. The Kier molecular flexibility index (Phi) is 2.83. The first-order valence-electron chi connectivity index (χ1n) is 6.08. The highest BCUT2D eigenvalue weighted by molar-refractivity contribution is 7.10. The molecule has 1 aromatic heterocycles. The van der Waals surface area contributed by atoms with E-state index in [0.717, 1.165) is 35.5 Å². The van der Waals surface area contributed by atoms with Gasteiger partial charge in [-0.1, -0.05) is 0 Å². The Bertz CT molecular complexity index is 617. The molecule has 0 unspecified atom stereocenters. The average Bonchev–Trinajstić information content (AvgIpc) is 2.86. The molecule has 2 N–H and O–H groups in total. The van der Waals surface area contributed by atoms with E-state index in [1.54, 1.807) is 23.5 Å². The molecule has 1 aromatic carbocycles. The monoisotopic (exact) mass is 275 g/mol. The van der Waals surface area contributed by atoms with Gasteiger partial charge in [-0.15, -0.1) is 11.3 Å². The number of nitro benzene ring substituents is 1. The van der Waals surface area contributed by atoms with Crippen LogP contribution in [-0.2, 0) is 5.54 Å². The highest BCUT2D eigenvalue weighted by Crippen LogP contribution is 2.41. The predicted molar refractivity (Wildman–Crippen MR) is 73.9 cm³/mol. The van der Waals surface area contributed by atoms with Crippen LogP contribution in [0.2, 0.25) is 0 Å². The lowest BCUT2D eigenvalue weighted by Gasteiger charge is -2.35. The Balaban J connectivity index is 1.88. The number of aromatic nitrogens is 1. The lowest BCUT2D eigenvalue weighted by atomic mass is 9.78. The highest BCUT2D eigenvalue weighted by Gasteiger charge is 2.37. The maximum Gasteiger partial charge on any atom is 0.269 e. The fourth-order valence-electron chi connectivity index (χ4n) is 2.16. The third kappa shape index (κ3) is 2.13. The Morgan fingerprint density at radius 2 is 2.00 bits per heavy atom.